The van der Waals surface area contributed by atoms with Crippen LogP contribution in [-0.4, -0.2) is 11.6 Å². The fourth-order valence-corrected chi connectivity index (χ4v) is 22.9. The van der Waals surface area contributed by atoms with Crippen LogP contribution in [0.4, 0.5) is 0 Å². The van der Waals surface area contributed by atoms with Crippen molar-refractivity contribution in [2.75, 3.05) is 0 Å². The minimum absolute atomic E-state index is 0.0790. The van der Waals surface area contributed by atoms with Crippen molar-refractivity contribution >= 4 is 132 Å². The number of nitrogens with zero attached hydrogens (tertiary/aromatic N) is 4. The van der Waals surface area contributed by atoms with E-state index in [9.17, 15) is 30.6 Å². The predicted octanol–water partition coefficient (Wildman–Crippen LogP) is 23.0. The van der Waals surface area contributed by atoms with Gasteiger partial charge >= 0.3 is 0 Å². The number of nitriles is 4. The normalized spacial score (nSPS) is 15.1. The topological polar surface area (TPSA) is 129 Å². The van der Waals surface area contributed by atoms with Gasteiger partial charge in [-0.2, -0.15) is 21.0 Å². The van der Waals surface area contributed by atoms with Gasteiger partial charge in [0.2, 0.25) is 0 Å². The number of carbonyl (C=O) groups is 2. The molecule has 0 saturated carbocycles. The van der Waals surface area contributed by atoms with Gasteiger partial charge in [-0.25, -0.2) is 0 Å². The number of allylic oxidation sites excluding steroid dienone is 6. The lowest BCUT2D eigenvalue weighted by molar-refractivity contribution is 0.103. The first-order valence-corrected chi connectivity index (χ1v) is 36.8. The summed E-state index contributed by atoms with van der Waals surface area (Å²) in [6.45, 7) is 8.65. The summed E-state index contributed by atoms with van der Waals surface area (Å²) in [6, 6.07) is 82.3. The van der Waals surface area contributed by atoms with Gasteiger partial charge in [-0.15, -0.1) is 68.0 Å². The molecule has 6 heterocycles. The summed E-state index contributed by atoms with van der Waals surface area (Å²) in [4.78, 5) is 36.6. The molecule has 12 heteroatoms. The molecule has 460 valence electrons. The zero-order chi connectivity index (χ0) is 66.6. The third kappa shape index (κ3) is 8.54. The molecular formula is C86H48N4O2S6. The van der Waals surface area contributed by atoms with Crippen LogP contribution in [0.2, 0.25) is 0 Å². The van der Waals surface area contributed by atoms with E-state index >= 15 is 0 Å². The van der Waals surface area contributed by atoms with E-state index in [1.807, 2.05) is 83.4 Å². The summed E-state index contributed by atoms with van der Waals surface area (Å²) in [5, 5.41) is 42.6. The second-order valence-corrected chi connectivity index (χ2v) is 32.0. The fourth-order valence-electron chi connectivity index (χ4n) is 15.5. The van der Waals surface area contributed by atoms with Gasteiger partial charge in [0, 0.05) is 93.0 Å². The van der Waals surface area contributed by atoms with Crippen molar-refractivity contribution in [1.29, 1.82) is 21.0 Å². The van der Waals surface area contributed by atoms with E-state index in [0.29, 0.717) is 44.5 Å². The number of benzene rings is 8. The van der Waals surface area contributed by atoms with E-state index < -0.39 is 10.8 Å². The smallest absolute Gasteiger partial charge is 0.194 e. The Hall–Kier alpha value is -11.0. The van der Waals surface area contributed by atoms with Crippen LogP contribution in [0.5, 0.6) is 0 Å². The van der Waals surface area contributed by atoms with Crippen molar-refractivity contribution in [1.82, 2.24) is 0 Å². The Kier molecular flexibility index (Phi) is 13.5. The molecule has 0 spiro atoms. The van der Waals surface area contributed by atoms with Gasteiger partial charge in [0.15, 0.2) is 11.6 Å². The van der Waals surface area contributed by atoms with Crippen molar-refractivity contribution in [3.8, 4) is 64.7 Å². The highest BCUT2D eigenvalue weighted by Gasteiger charge is 2.54. The molecule has 0 bridgehead atoms. The lowest BCUT2D eigenvalue weighted by Crippen LogP contribution is -2.29. The molecule has 0 atom stereocenters. The second kappa shape index (κ2) is 22.3. The first-order chi connectivity index (χ1) is 47.8. The number of aryl methyl sites for hydroxylation is 4. The molecule has 8 aromatic carbocycles. The number of hydrogen-bond acceptors (Lipinski definition) is 12. The molecular weight excluding hydrogens is 1310 g/mol. The maximum absolute atomic E-state index is 14.0. The van der Waals surface area contributed by atoms with Gasteiger partial charge in [0.05, 0.1) is 20.2 Å². The van der Waals surface area contributed by atoms with Crippen molar-refractivity contribution < 1.29 is 9.59 Å². The maximum Gasteiger partial charge on any atom is 0.194 e. The molecule has 0 unspecified atom stereocenters. The van der Waals surface area contributed by atoms with Crippen LogP contribution in [0.15, 0.2) is 229 Å². The Morgan fingerprint density at radius 2 is 0.714 bits per heavy atom. The van der Waals surface area contributed by atoms with Gasteiger partial charge in [0.1, 0.15) is 35.4 Å². The maximum atomic E-state index is 14.0. The van der Waals surface area contributed by atoms with Crippen molar-refractivity contribution in [3.63, 3.8) is 0 Å². The molecule has 0 fully saturated rings. The third-order valence-corrected chi connectivity index (χ3v) is 27.3. The van der Waals surface area contributed by atoms with E-state index in [1.165, 1.54) is 106 Å². The van der Waals surface area contributed by atoms with Crippen LogP contribution in [0, 0.1) is 73.0 Å². The lowest BCUT2D eigenvalue weighted by atomic mass is 9.66. The molecule has 98 heavy (non-hydrogen) atoms. The summed E-state index contributed by atoms with van der Waals surface area (Å²) in [7, 11) is 0. The van der Waals surface area contributed by atoms with Crippen LogP contribution in [0.25, 0.3) is 93.3 Å². The summed E-state index contributed by atoms with van der Waals surface area (Å²) in [5.74, 6) is -0.388. The van der Waals surface area contributed by atoms with E-state index in [-0.39, 0.29) is 22.7 Å². The molecule has 0 saturated heterocycles. The highest BCUT2D eigenvalue weighted by atomic mass is 32.1. The van der Waals surface area contributed by atoms with Gasteiger partial charge in [-0.3, -0.25) is 9.59 Å². The first-order valence-electron chi connectivity index (χ1n) is 31.9. The Labute approximate surface area is 588 Å². The molecule has 0 N–H and O–H groups in total. The molecule has 6 aromatic heterocycles. The molecule has 0 aliphatic heterocycles. The Bertz CT molecular complexity index is 5730. The fraction of sp³-hybridized carbons (Fsp3) is 0.0698. The van der Waals surface area contributed by atoms with Crippen LogP contribution in [0.1, 0.15) is 108 Å². The van der Waals surface area contributed by atoms with Crippen molar-refractivity contribution in [2.45, 2.75) is 38.5 Å². The second-order valence-electron chi connectivity index (χ2n) is 25.5. The van der Waals surface area contributed by atoms with E-state index in [1.54, 1.807) is 57.5 Å². The van der Waals surface area contributed by atoms with Gasteiger partial charge in [0.25, 0.3) is 0 Å². The number of carbonyl (C=O) groups excluding carboxylic acids is 2. The summed E-state index contributed by atoms with van der Waals surface area (Å²) in [6.07, 6.45) is 3.68. The average Bonchev–Trinajstić information content (AvgIpc) is 1.49. The Morgan fingerprint density at radius 1 is 0.357 bits per heavy atom. The number of hydrogen-bond donors (Lipinski definition) is 0. The van der Waals surface area contributed by atoms with Crippen LogP contribution >= 0.6 is 68.0 Å². The van der Waals surface area contributed by atoms with Gasteiger partial charge in [-0.05, 0) is 167 Å². The number of ketones is 2. The van der Waals surface area contributed by atoms with Crippen LogP contribution in [-0.2, 0) is 10.8 Å². The van der Waals surface area contributed by atoms with Crippen molar-refractivity contribution in [3.05, 3.63) is 327 Å². The molecule has 6 nitrogen and oxygen atoms in total. The summed E-state index contributed by atoms with van der Waals surface area (Å²) in [5.41, 5.74) is 19.2. The molecule has 4 aliphatic rings. The van der Waals surface area contributed by atoms with Crippen LogP contribution < -0.4 is 0 Å². The highest BCUT2D eigenvalue weighted by molar-refractivity contribution is 7.32. The molecule has 0 amide bonds. The largest absolute Gasteiger partial charge is 0.289 e. The average molecular weight is 1360 g/mol. The molecule has 0 radical (unpaired) electrons. The molecule has 4 aliphatic carbocycles. The number of Topliss-reactive ketones (excluding diaryl/α,β-unsaturated/α-hetero) is 2. The third-order valence-electron chi connectivity index (χ3n) is 20.0. The molecule has 14 aromatic rings. The molecule has 18 rings (SSSR count). The predicted molar refractivity (Wildman–Crippen MR) is 404 cm³/mol. The van der Waals surface area contributed by atoms with Gasteiger partial charge < -0.3 is 0 Å². The number of fused-ring (bicyclic) bond motifs is 13. The zero-order valence-corrected chi connectivity index (χ0v) is 57.7. The van der Waals surface area contributed by atoms with E-state index in [0.717, 1.165) is 40.0 Å². The quantitative estimate of drug-likeness (QED) is 0.110. The van der Waals surface area contributed by atoms with Crippen molar-refractivity contribution in [2.24, 2.45) is 0 Å². The van der Waals surface area contributed by atoms with E-state index in [4.69, 9.17) is 0 Å². The standard InChI is InChI=1S/C86H48N4O2S6/c1-45-13-21-53(22-14-45)85(54-23-15-46(2)16-24-54)67-34-50-36-74(70-32-30-58(94-70)38-66-76(52(43-89)44-90)60-10-6-8-12-62(60)80(66)92)95-71(50)39-64(67)82-78(85)84-83(98-82)77-81(97-84)63-33-49-35-73(69-31-29-57(93-69)37-65-75(51(41-87)42-88)59-9-5-7-11-61(59)79(65)91)96-72(49)40-68(63)86(77,55-25-17-47(3)18-26-55)56-27-19-48(4)20-28-56/h5-40H,1-4H3/b65-37-,66-38-. The minimum atomic E-state index is -0.731. The number of thiophene rings is 6. The SMILES string of the molecule is Cc1ccc(C2(c3ccc(C)cc3)c3cc4cc(-c5ccc(/C=C6\C(=O)c7ccccc7C6=C(C#N)C#N)s5)sc4cc3-c3sc4c5c(sc4c32)-c2cc3cc(-c4ccc(/C=C6\C(=O)c7ccccc7C6=C(C#N)C#N)s4)sc3cc2C5(c2ccc(C)cc2)c2ccc(C)cc2)cc1. The monoisotopic (exact) mass is 1360 g/mol. The summed E-state index contributed by atoms with van der Waals surface area (Å²) < 4.78 is 4.91. The van der Waals surface area contributed by atoms with E-state index in [2.05, 4.69) is 198 Å². The minimum Gasteiger partial charge on any atom is -0.289 e. The summed E-state index contributed by atoms with van der Waals surface area (Å²) >= 11 is 10.6. The number of rotatable bonds is 8. The Balaban J connectivity index is 0.836. The van der Waals surface area contributed by atoms with Gasteiger partial charge in [-0.1, -0.05) is 168 Å². The zero-order valence-electron chi connectivity index (χ0n) is 52.8. The van der Waals surface area contributed by atoms with Crippen LogP contribution in [0.3, 0.4) is 0 Å². The lowest BCUT2D eigenvalue weighted by Gasteiger charge is -2.34. The first kappa shape index (κ1) is 59.5. The highest BCUT2D eigenvalue weighted by Crippen LogP contribution is 2.69. The Morgan fingerprint density at radius 3 is 1.11 bits per heavy atom.